The van der Waals surface area contributed by atoms with Gasteiger partial charge in [0, 0.05) is 39.3 Å². The summed E-state index contributed by atoms with van der Waals surface area (Å²) in [4.78, 5) is 27.4. The van der Waals surface area contributed by atoms with Crippen LogP contribution in [-0.2, 0) is 32.2 Å². The Hall–Kier alpha value is -4.18. The van der Waals surface area contributed by atoms with Crippen LogP contribution in [0.5, 0.6) is 11.5 Å². The Labute approximate surface area is 377 Å². The van der Waals surface area contributed by atoms with Crippen LogP contribution in [0.4, 0.5) is 0 Å². The van der Waals surface area contributed by atoms with E-state index in [1.807, 2.05) is 12.1 Å². The van der Waals surface area contributed by atoms with E-state index in [4.69, 9.17) is 14.2 Å². The molecule has 0 spiro atoms. The average Bonchev–Trinajstić information content (AvgIpc) is 3.26. The summed E-state index contributed by atoms with van der Waals surface area (Å²) in [6.45, 7) is 18.9. The van der Waals surface area contributed by atoms with E-state index in [0.717, 1.165) is 93.3 Å². The molecule has 2 saturated heterocycles. The summed E-state index contributed by atoms with van der Waals surface area (Å²) in [6.07, 6.45) is 12.2. The van der Waals surface area contributed by atoms with E-state index in [-0.39, 0.29) is 35.6 Å². The number of aromatic hydroxyl groups is 1. The zero-order valence-electron chi connectivity index (χ0n) is 39.5. The second kappa shape index (κ2) is 21.7. The number of carbonyl (C=O) groups excluding carboxylic acids is 2. The number of esters is 2. The maximum Gasteiger partial charge on any atom is 0.311 e. The molecule has 4 aromatic carbocycles. The molecule has 0 atom stereocenters. The van der Waals surface area contributed by atoms with Gasteiger partial charge in [-0.05, 0) is 143 Å². The molecule has 8 rings (SSSR count). The molecular weight excluding hydrogens is 789 g/mol. The van der Waals surface area contributed by atoms with Gasteiger partial charge in [0.25, 0.3) is 0 Å². The number of rotatable bonds is 12. The molecule has 4 fully saturated rings. The van der Waals surface area contributed by atoms with Crippen molar-refractivity contribution < 1.29 is 34.0 Å². The van der Waals surface area contributed by atoms with Crippen molar-refractivity contribution in [2.75, 3.05) is 40.4 Å². The lowest BCUT2D eigenvalue weighted by Gasteiger charge is -2.38. The third kappa shape index (κ3) is 13.0. The number of aliphatic hydroxyl groups is 1. The highest BCUT2D eigenvalue weighted by molar-refractivity contribution is 5.85. The fourth-order valence-corrected chi connectivity index (χ4v) is 9.96. The first-order valence-electron chi connectivity index (χ1n) is 23.8. The molecule has 0 unspecified atom stereocenters. The summed E-state index contributed by atoms with van der Waals surface area (Å²) in [5.41, 5.74) is 3.43. The summed E-state index contributed by atoms with van der Waals surface area (Å²) in [5, 5.41) is 23.4. The van der Waals surface area contributed by atoms with Crippen LogP contribution < -0.4 is 4.74 Å². The van der Waals surface area contributed by atoms with Gasteiger partial charge in [-0.15, -0.1) is 0 Å². The molecule has 63 heavy (non-hydrogen) atoms. The first kappa shape index (κ1) is 48.3. The van der Waals surface area contributed by atoms with E-state index in [9.17, 15) is 19.8 Å². The molecule has 9 nitrogen and oxygen atoms in total. The Balaban J connectivity index is 0.000000176. The molecule has 344 valence electrons. The lowest BCUT2D eigenvalue weighted by atomic mass is 9.69. The topological polar surface area (TPSA) is 109 Å². The first-order chi connectivity index (χ1) is 30.1. The van der Waals surface area contributed by atoms with Crippen LogP contribution in [0.2, 0.25) is 0 Å². The number of benzene rings is 4. The lowest BCUT2D eigenvalue weighted by molar-refractivity contribution is -0.152. The van der Waals surface area contributed by atoms with E-state index < -0.39 is 0 Å². The van der Waals surface area contributed by atoms with Crippen LogP contribution in [0.25, 0.3) is 21.5 Å². The quantitative estimate of drug-likeness (QED) is 0.135. The maximum absolute atomic E-state index is 11.6. The van der Waals surface area contributed by atoms with E-state index in [0.29, 0.717) is 16.9 Å². The number of fused-ring (bicyclic) bond motifs is 2. The molecule has 4 aliphatic rings. The van der Waals surface area contributed by atoms with Gasteiger partial charge in [-0.3, -0.25) is 19.4 Å². The standard InChI is InChI=1S/C27H37NO3.C16H17NO3.C11H22O/c1-5-27(2,3)23-9-12-24(13-10-23)31-25-11-8-20-14-19(6-7-21(20)15-25)16-28-17-22(18-28)26(29)30-4;1-20-16(19)14-9-17(10-14)8-11-2-3-13-7-15(18)5-4-12(13)6-11;1-4-11(2,3)9-5-7-10(12)8-6-9/h6-8,11,14-15,22-24H,5,9-10,12-13,16-18H2,1-4H3;2-7,14,18H,8-10H2,1H3;9-10,12H,4-8H2,1-3H3. The van der Waals surface area contributed by atoms with Crippen LogP contribution in [0, 0.1) is 34.5 Å². The van der Waals surface area contributed by atoms with Gasteiger partial charge in [-0.25, -0.2) is 0 Å². The number of phenolic OH excluding ortho intramolecular Hbond substituents is 1. The number of ether oxygens (including phenoxy) is 3. The van der Waals surface area contributed by atoms with Crippen LogP contribution >= 0.6 is 0 Å². The van der Waals surface area contributed by atoms with Crippen molar-refractivity contribution in [2.24, 2.45) is 34.5 Å². The van der Waals surface area contributed by atoms with Gasteiger partial charge in [-0.2, -0.15) is 0 Å². The van der Waals surface area contributed by atoms with Crippen LogP contribution in [0.1, 0.15) is 117 Å². The first-order valence-corrected chi connectivity index (χ1v) is 23.8. The smallest absolute Gasteiger partial charge is 0.311 e. The van der Waals surface area contributed by atoms with Crippen LogP contribution in [0.15, 0.2) is 72.8 Å². The number of phenols is 1. The van der Waals surface area contributed by atoms with E-state index in [1.54, 1.807) is 12.1 Å². The van der Waals surface area contributed by atoms with Gasteiger partial charge in [0.15, 0.2) is 0 Å². The number of carbonyl (C=O) groups is 2. The van der Waals surface area contributed by atoms with Crippen molar-refractivity contribution in [1.29, 1.82) is 0 Å². The highest BCUT2D eigenvalue weighted by Crippen LogP contribution is 2.42. The lowest BCUT2D eigenvalue weighted by Crippen LogP contribution is -2.49. The second-order valence-electron chi connectivity index (χ2n) is 20.3. The molecular formula is C54H76N2O7. The number of likely N-dealkylation sites (tertiary alicyclic amines) is 2. The van der Waals surface area contributed by atoms with Gasteiger partial charge in [0.2, 0.25) is 0 Å². The van der Waals surface area contributed by atoms with Gasteiger partial charge >= 0.3 is 11.9 Å². The Bertz CT molecular complexity index is 2100. The SMILES string of the molecule is CCC(C)(C)C1CCC(O)CC1.CCC(C)(C)C1CCC(Oc2ccc3cc(CN4CC(C(=O)OC)C4)ccc3c2)CC1.COC(=O)C1CN(Cc2ccc3cc(O)ccc3c2)C1. The number of aliphatic hydroxyl groups excluding tert-OH is 1. The molecule has 2 aliphatic carbocycles. The zero-order chi connectivity index (χ0) is 45.3. The average molecular weight is 865 g/mol. The van der Waals surface area contributed by atoms with Crippen molar-refractivity contribution >= 4 is 33.5 Å². The molecule has 2 aliphatic heterocycles. The number of hydrogen-bond acceptors (Lipinski definition) is 9. The summed E-state index contributed by atoms with van der Waals surface area (Å²) < 4.78 is 15.9. The predicted molar refractivity (Wildman–Crippen MR) is 254 cm³/mol. The molecule has 0 amide bonds. The molecule has 0 radical (unpaired) electrons. The van der Waals surface area contributed by atoms with Crippen molar-refractivity contribution in [3.05, 3.63) is 83.9 Å². The molecule has 2 saturated carbocycles. The van der Waals surface area contributed by atoms with Crippen molar-refractivity contribution in [2.45, 2.75) is 131 Å². The number of hydrogen-bond donors (Lipinski definition) is 2. The largest absolute Gasteiger partial charge is 0.508 e. The normalized spacial score (nSPS) is 22.4. The molecule has 2 N–H and O–H groups in total. The van der Waals surface area contributed by atoms with Gasteiger partial charge < -0.3 is 24.4 Å². The Kier molecular flexibility index (Phi) is 16.6. The van der Waals surface area contributed by atoms with Crippen molar-refractivity contribution in [1.82, 2.24) is 9.80 Å². The minimum Gasteiger partial charge on any atom is -0.508 e. The Morgan fingerprint density at radius 3 is 1.46 bits per heavy atom. The number of nitrogens with zero attached hydrogens (tertiary/aromatic N) is 2. The van der Waals surface area contributed by atoms with Crippen LogP contribution in [-0.4, -0.2) is 84.6 Å². The molecule has 0 bridgehead atoms. The zero-order valence-corrected chi connectivity index (χ0v) is 39.5. The second-order valence-corrected chi connectivity index (χ2v) is 20.3. The molecule has 0 aromatic heterocycles. The van der Waals surface area contributed by atoms with E-state index >= 15 is 0 Å². The summed E-state index contributed by atoms with van der Waals surface area (Å²) in [7, 11) is 2.90. The van der Waals surface area contributed by atoms with Crippen LogP contribution in [0.3, 0.4) is 0 Å². The maximum atomic E-state index is 11.6. The predicted octanol–water partition coefficient (Wildman–Crippen LogP) is 10.9. The molecule has 9 heteroatoms. The highest BCUT2D eigenvalue weighted by atomic mass is 16.5. The fourth-order valence-electron chi connectivity index (χ4n) is 9.96. The van der Waals surface area contributed by atoms with E-state index in [1.165, 1.54) is 74.6 Å². The van der Waals surface area contributed by atoms with Crippen molar-refractivity contribution in [3.8, 4) is 11.5 Å². The minimum absolute atomic E-state index is 0.00564. The Morgan fingerprint density at radius 2 is 1.00 bits per heavy atom. The van der Waals surface area contributed by atoms with Crippen molar-refractivity contribution in [3.63, 3.8) is 0 Å². The fraction of sp³-hybridized carbons (Fsp3) is 0.593. The molecule has 4 aromatic rings. The third-order valence-electron chi connectivity index (χ3n) is 15.3. The summed E-state index contributed by atoms with van der Waals surface area (Å²) in [6, 6.07) is 24.7. The Morgan fingerprint density at radius 1 is 0.587 bits per heavy atom. The summed E-state index contributed by atoms with van der Waals surface area (Å²) in [5.74, 6) is 2.79. The molecule has 2 heterocycles. The monoisotopic (exact) mass is 865 g/mol. The van der Waals surface area contributed by atoms with Gasteiger partial charge in [0.1, 0.15) is 11.5 Å². The van der Waals surface area contributed by atoms with Gasteiger partial charge in [0.05, 0.1) is 38.3 Å². The van der Waals surface area contributed by atoms with E-state index in [2.05, 4.69) is 99.9 Å². The third-order valence-corrected chi connectivity index (χ3v) is 15.3. The minimum atomic E-state index is -0.116. The number of methoxy groups -OCH3 is 2. The summed E-state index contributed by atoms with van der Waals surface area (Å²) >= 11 is 0. The highest BCUT2D eigenvalue weighted by Gasteiger charge is 2.35. The van der Waals surface area contributed by atoms with Gasteiger partial charge in [-0.1, -0.05) is 90.8 Å².